The Morgan fingerprint density at radius 2 is 1.12 bits per heavy atom. The molecule has 1 heterocycles. The molecule has 0 atom stereocenters. The highest BCUT2D eigenvalue weighted by molar-refractivity contribution is 7.26. The van der Waals surface area contributed by atoms with Crippen LogP contribution in [0.2, 0.25) is 0 Å². The van der Waals surface area contributed by atoms with Gasteiger partial charge in [-0.25, -0.2) is 0 Å². The zero-order valence-corrected chi connectivity index (χ0v) is 27.8. The molecule has 48 heavy (non-hydrogen) atoms. The summed E-state index contributed by atoms with van der Waals surface area (Å²) in [7, 11) is 0. The predicted molar refractivity (Wildman–Crippen MR) is 203 cm³/mol. The first kappa shape index (κ1) is 27.3. The number of benzene rings is 6. The Balaban J connectivity index is 1.18. The van der Waals surface area contributed by atoms with E-state index in [9.17, 15) is 0 Å². The van der Waals surface area contributed by atoms with Gasteiger partial charge in [0.25, 0.3) is 0 Å². The van der Waals surface area contributed by atoms with Crippen molar-refractivity contribution < 1.29 is 0 Å². The number of hydrogen-bond donors (Lipinski definition) is 0. The van der Waals surface area contributed by atoms with Gasteiger partial charge in [-0.2, -0.15) is 0 Å². The molecule has 4 bridgehead atoms. The number of nitrogens with zero attached hydrogens (tertiary/aromatic N) is 1. The highest BCUT2D eigenvalue weighted by Crippen LogP contribution is 2.70. The molecule has 0 unspecified atom stereocenters. The van der Waals surface area contributed by atoms with Crippen LogP contribution in [0.5, 0.6) is 0 Å². The van der Waals surface area contributed by atoms with Gasteiger partial charge in [0, 0.05) is 32.1 Å². The van der Waals surface area contributed by atoms with E-state index in [1.165, 1.54) is 91.6 Å². The molecule has 0 N–H and O–H groups in total. The van der Waals surface area contributed by atoms with Crippen molar-refractivity contribution in [3.63, 3.8) is 0 Å². The highest BCUT2D eigenvalue weighted by atomic mass is 32.1. The van der Waals surface area contributed by atoms with Gasteiger partial charge in [0.1, 0.15) is 0 Å². The van der Waals surface area contributed by atoms with E-state index in [0.29, 0.717) is 0 Å². The molecule has 232 valence electrons. The third kappa shape index (κ3) is 3.67. The average molecular weight is 636 g/mol. The smallest absolute Gasteiger partial charge is 0.0640 e. The Morgan fingerprint density at radius 1 is 0.500 bits per heavy atom. The van der Waals surface area contributed by atoms with Crippen molar-refractivity contribution >= 4 is 48.6 Å². The van der Waals surface area contributed by atoms with E-state index in [0.717, 1.165) is 23.7 Å². The molecule has 2 heteroatoms. The molecule has 0 aliphatic heterocycles. The van der Waals surface area contributed by atoms with Crippen LogP contribution in [0.1, 0.15) is 43.2 Å². The molecule has 4 fully saturated rings. The fraction of sp³-hybridized carbons (Fsp3) is 0.217. The van der Waals surface area contributed by atoms with Gasteiger partial charge in [0.2, 0.25) is 0 Å². The Labute approximate surface area is 286 Å². The van der Waals surface area contributed by atoms with E-state index < -0.39 is 0 Å². The first-order valence-corrected chi connectivity index (χ1v) is 18.7. The Morgan fingerprint density at radius 3 is 1.94 bits per heavy atom. The Hall–Kier alpha value is -4.66. The van der Waals surface area contributed by atoms with Crippen molar-refractivity contribution in [2.45, 2.75) is 37.5 Å². The lowest BCUT2D eigenvalue weighted by atomic mass is 9.43. The van der Waals surface area contributed by atoms with Gasteiger partial charge in [0.05, 0.1) is 16.1 Å². The minimum absolute atomic E-state index is 0.141. The molecule has 5 aliphatic carbocycles. The van der Waals surface area contributed by atoms with Crippen molar-refractivity contribution in [2.24, 2.45) is 23.7 Å². The first-order valence-electron chi connectivity index (χ1n) is 17.9. The second kappa shape index (κ2) is 10.2. The molecule has 1 spiro atoms. The number of thiophene rings is 1. The SMILES string of the molecule is c1ccc(-c2ccc(N(c3cccc4c3-c3ccccc3C43C4CC5CC(C4)CC3C5)c3cccc4c3sc3ccccc34)cc2)cc1. The maximum atomic E-state index is 2.59. The van der Waals surface area contributed by atoms with E-state index in [1.54, 1.807) is 11.1 Å². The number of hydrogen-bond acceptors (Lipinski definition) is 2. The minimum atomic E-state index is 0.141. The molecule has 1 nitrogen and oxygen atoms in total. The normalized spacial score (nSPS) is 24.8. The van der Waals surface area contributed by atoms with Crippen LogP contribution in [-0.2, 0) is 5.41 Å². The summed E-state index contributed by atoms with van der Waals surface area (Å²) in [6.45, 7) is 0. The first-order chi connectivity index (χ1) is 23.8. The van der Waals surface area contributed by atoms with Crippen molar-refractivity contribution in [2.75, 3.05) is 4.90 Å². The van der Waals surface area contributed by atoms with E-state index in [-0.39, 0.29) is 5.41 Å². The van der Waals surface area contributed by atoms with Crippen molar-refractivity contribution in [1.29, 1.82) is 0 Å². The summed E-state index contributed by atoms with van der Waals surface area (Å²) in [6, 6.07) is 52.7. The van der Waals surface area contributed by atoms with Crippen molar-refractivity contribution in [3.8, 4) is 22.3 Å². The third-order valence-corrected chi connectivity index (χ3v) is 13.9. The molecule has 7 aromatic rings. The highest BCUT2D eigenvalue weighted by Gasteiger charge is 2.61. The standard InChI is InChI=1S/C46H37NS/c1-2-10-31(11-3-1)32-20-22-35(23-21-32)47(42-18-8-14-37-36-12-5-7-19-43(36)48-45(37)42)41-17-9-16-40-44(41)38-13-4-6-15-39(38)46(40)33-25-29-24-30(27-33)28-34(46)26-29/h1-23,29-30,33-34H,24-28H2. The summed E-state index contributed by atoms with van der Waals surface area (Å²) in [5, 5.41) is 2.68. The van der Waals surface area contributed by atoms with Crippen LogP contribution in [-0.4, -0.2) is 0 Å². The molecule has 12 rings (SSSR count). The van der Waals surface area contributed by atoms with Crippen LogP contribution >= 0.6 is 11.3 Å². The van der Waals surface area contributed by atoms with E-state index in [2.05, 4.69) is 144 Å². The van der Waals surface area contributed by atoms with Crippen LogP contribution in [0.25, 0.3) is 42.4 Å². The second-order valence-electron chi connectivity index (χ2n) is 14.9. The van der Waals surface area contributed by atoms with E-state index in [1.807, 2.05) is 11.3 Å². The van der Waals surface area contributed by atoms with E-state index in [4.69, 9.17) is 0 Å². The van der Waals surface area contributed by atoms with Crippen LogP contribution in [0.4, 0.5) is 17.1 Å². The summed E-state index contributed by atoms with van der Waals surface area (Å²) in [4.78, 5) is 2.59. The summed E-state index contributed by atoms with van der Waals surface area (Å²) in [6.07, 6.45) is 7.07. The average Bonchev–Trinajstić information content (AvgIpc) is 3.66. The largest absolute Gasteiger partial charge is 0.308 e. The predicted octanol–water partition coefficient (Wildman–Crippen LogP) is 12.9. The molecule has 0 amide bonds. The monoisotopic (exact) mass is 635 g/mol. The third-order valence-electron chi connectivity index (χ3n) is 12.7. The summed E-state index contributed by atoms with van der Waals surface area (Å²) in [5.41, 5.74) is 12.6. The number of fused-ring (bicyclic) bond motifs is 6. The maximum Gasteiger partial charge on any atom is 0.0640 e. The second-order valence-corrected chi connectivity index (χ2v) is 16.0. The molecule has 1 aromatic heterocycles. The lowest BCUT2D eigenvalue weighted by Crippen LogP contribution is -2.55. The van der Waals surface area contributed by atoms with Crippen molar-refractivity contribution in [3.05, 3.63) is 151 Å². The molecule has 5 aliphatic rings. The number of anilines is 3. The Kier molecular flexibility index (Phi) is 5.79. The number of rotatable bonds is 4. The molecule has 0 radical (unpaired) electrons. The van der Waals surface area contributed by atoms with Crippen molar-refractivity contribution in [1.82, 2.24) is 0 Å². The van der Waals surface area contributed by atoms with E-state index >= 15 is 0 Å². The van der Waals surface area contributed by atoms with Gasteiger partial charge in [-0.05, 0) is 114 Å². The molecule has 0 saturated heterocycles. The minimum Gasteiger partial charge on any atom is -0.308 e. The van der Waals surface area contributed by atoms with Crippen LogP contribution in [0.3, 0.4) is 0 Å². The summed E-state index contributed by atoms with van der Waals surface area (Å²) < 4.78 is 2.69. The van der Waals surface area contributed by atoms with Gasteiger partial charge in [0.15, 0.2) is 0 Å². The topological polar surface area (TPSA) is 3.24 Å². The quantitative estimate of drug-likeness (QED) is 0.186. The van der Waals surface area contributed by atoms with Gasteiger partial charge in [-0.1, -0.05) is 109 Å². The summed E-state index contributed by atoms with van der Waals surface area (Å²) >= 11 is 1.92. The zero-order valence-electron chi connectivity index (χ0n) is 27.0. The molecular formula is C46H37NS. The fourth-order valence-corrected chi connectivity index (χ4v) is 12.3. The fourth-order valence-electron chi connectivity index (χ4n) is 11.1. The van der Waals surface area contributed by atoms with Crippen LogP contribution < -0.4 is 4.90 Å². The molecule has 6 aromatic carbocycles. The lowest BCUT2D eigenvalue weighted by Gasteiger charge is -2.61. The maximum absolute atomic E-state index is 2.59. The van der Waals surface area contributed by atoms with Gasteiger partial charge < -0.3 is 4.90 Å². The molecule has 4 saturated carbocycles. The molecular weight excluding hydrogens is 599 g/mol. The van der Waals surface area contributed by atoms with Gasteiger partial charge in [-0.15, -0.1) is 11.3 Å². The Bertz CT molecular complexity index is 2340. The lowest BCUT2D eigenvalue weighted by molar-refractivity contribution is -0.0399. The van der Waals surface area contributed by atoms with Gasteiger partial charge >= 0.3 is 0 Å². The van der Waals surface area contributed by atoms with Crippen LogP contribution in [0, 0.1) is 23.7 Å². The summed E-state index contributed by atoms with van der Waals surface area (Å²) in [5.74, 6) is 3.36. The van der Waals surface area contributed by atoms with Gasteiger partial charge in [-0.3, -0.25) is 0 Å². The van der Waals surface area contributed by atoms with Crippen LogP contribution in [0.15, 0.2) is 140 Å². The zero-order chi connectivity index (χ0) is 31.4.